The van der Waals surface area contributed by atoms with Gasteiger partial charge < -0.3 is 5.32 Å². The van der Waals surface area contributed by atoms with Crippen LogP contribution in [0.15, 0.2) is 68.2 Å². The molecule has 0 spiro atoms. The van der Waals surface area contributed by atoms with Crippen molar-refractivity contribution in [1.82, 2.24) is 0 Å². The van der Waals surface area contributed by atoms with E-state index < -0.39 is 9.84 Å². The first-order chi connectivity index (χ1) is 12.3. The Bertz CT molecular complexity index is 1070. The van der Waals surface area contributed by atoms with Crippen LogP contribution in [0.3, 0.4) is 0 Å². The minimum absolute atomic E-state index is 0.151. The summed E-state index contributed by atoms with van der Waals surface area (Å²) in [7, 11) is -3.62. The molecule has 0 aliphatic carbocycles. The molecule has 7 heteroatoms. The van der Waals surface area contributed by atoms with Crippen molar-refractivity contribution in [3.8, 4) is 0 Å². The third kappa shape index (κ3) is 3.90. The number of anilines is 1. The first-order valence-electron chi connectivity index (χ1n) is 7.76. The lowest BCUT2D eigenvalue weighted by molar-refractivity contribution is 0.103. The molecule has 4 nitrogen and oxygen atoms in total. The second kappa shape index (κ2) is 7.34. The van der Waals surface area contributed by atoms with Gasteiger partial charge in [0.1, 0.15) is 4.21 Å². The summed E-state index contributed by atoms with van der Waals surface area (Å²) in [5.41, 5.74) is 2.64. The van der Waals surface area contributed by atoms with Crippen molar-refractivity contribution in [2.75, 3.05) is 5.32 Å². The lowest BCUT2D eigenvalue weighted by Gasteiger charge is -2.06. The van der Waals surface area contributed by atoms with E-state index in [0.717, 1.165) is 26.9 Å². The molecule has 0 aliphatic rings. The predicted molar refractivity (Wildman–Crippen MR) is 108 cm³/mol. The van der Waals surface area contributed by atoms with Gasteiger partial charge in [-0.3, -0.25) is 4.79 Å². The lowest BCUT2D eigenvalue weighted by atomic mass is 10.2. The Morgan fingerprint density at radius 3 is 2.35 bits per heavy atom. The smallest absolute Gasteiger partial charge is 0.265 e. The van der Waals surface area contributed by atoms with E-state index in [1.165, 1.54) is 12.1 Å². The third-order valence-electron chi connectivity index (χ3n) is 3.82. The molecule has 134 valence electrons. The molecule has 0 saturated carbocycles. The number of sulfone groups is 1. The van der Waals surface area contributed by atoms with E-state index in [-0.39, 0.29) is 15.0 Å². The summed E-state index contributed by atoms with van der Waals surface area (Å²) in [5, 5.41) is 2.79. The molecule has 0 bridgehead atoms. The molecule has 0 fully saturated rings. The summed E-state index contributed by atoms with van der Waals surface area (Å²) in [6, 6.07) is 15.2. The van der Waals surface area contributed by atoms with Crippen LogP contribution in [0.25, 0.3) is 0 Å². The van der Waals surface area contributed by atoms with E-state index in [1.54, 1.807) is 30.3 Å². The maximum Gasteiger partial charge on any atom is 0.265 e. The van der Waals surface area contributed by atoms with Gasteiger partial charge in [-0.05, 0) is 61.9 Å². The van der Waals surface area contributed by atoms with Crippen LogP contribution >= 0.6 is 27.3 Å². The third-order valence-corrected chi connectivity index (χ3v) is 8.05. The number of carbonyl (C=O) groups excluding carboxylic acids is 1. The molecule has 1 heterocycles. The highest BCUT2D eigenvalue weighted by Crippen LogP contribution is 2.29. The Morgan fingerprint density at radius 2 is 1.69 bits per heavy atom. The number of halogens is 1. The Kier molecular flexibility index (Phi) is 5.32. The number of aryl methyl sites for hydroxylation is 2. The normalized spacial score (nSPS) is 11.3. The van der Waals surface area contributed by atoms with Gasteiger partial charge in [0, 0.05) is 10.2 Å². The first-order valence-corrected chi connectivity index (χ1v) is 10.9. The molecular weight excluding hydrogens is 434 g/mol. The number of nitrogens with one attached hydrogen (secondary N) is 1. The van der Waals surface area contributed by atoms with Crippen LogP contribution in [0, 0.1) is 13.8 Å². The van der Waals surface area contributed by atoms with Gasteiger partial charge in [0.05, 0.1) is 9.77 Å². The number of thiophene rings is 1. The number of hydrogen-bond acceptors (Lipinski definition) is 4. The SMILES string of the molecule is Cc1ccc(S(=O)(=O)c2ccc(C(=O)Nc3ccc(Br)c(C)c3)s2)cc1. The fourth-order valence-electron chi connectivity index (χ4n) is 2.34. The number of amides is 1. The number of carbonyl (C=O) groups is 1. The van der Waals surface area contributed by atoms with Crippen molar-refractivity contribution < 1.29 is 13.2 Å². The van der Waals surface area contributed by atoms with Crippen molar-refractivity contribution in [3.05, 3.63) is 75.1 Å². The standard InChI is InChI=1S/C19H16BrNO3S2/c1-12-3-6-15(7-4-12)26(23,24)18-10-9-17(25-18)19(22)21-14-5-8-16(20)13(2)11-14/h3-11H,1-2H3,(H,21,22). The monoisotopic (exact) mass is 449 g/mol. The molecule has 1 amide bonds. The summed E-state index contributed by atoms with van der Waals surface area (Å²) < 4.78 is 26.5. The summed E-state index contributed by atoms with van der Waals surface area (Å²) in [6.07, 6.45) is 0. The van der Waals surface area contributed by atoms with Crippen LogP contribution < -0.4 is 5.32 Å². The molecule has 26 heavy (non-hydrogen) atoms. The van der Waals surface area contributed by atoms with E-state index in [2.05, 4.69) is 21.2 Å². The Labute approximate surface area is 164 Å². The second-order valence-corrected chi connectivity index (χ2v) is 9.97. The molecular formula is C19H16BrNO3S2. The van der Waals surface area contributed by atoms with Crippen LogP contribution in [0.5, 0.6) is 0 Å². The van der Waals surface area contributed by atoms with Gasteiger partial charge in [-0.2, -0.15) is 0 Å². The van der Waals surface area contributed by atoms with Crippen molar-refractivity contribution in [3.63, 3.8) is 0 Å². The quantitative estimate of drug-likeness (QED) is 0.594. The first kappa shape index (κ1) is 18.8. The van der Waals surface area contributed by atoms with Gasteiger partial charge >= 0.3 is 0 Å². The van der Waals surface area contributed by atoms with E-state index in [0.29, 0.717) is 10.6 Å². The average molecular weight is 450 g/mol. The van der Waals surface area contributed by atoms with Gasteiger partial charge in [0.15, 0.2) is 0 Å². The van der Waals surface area contributed by atoms with E-state index in [4.69, 9.17) is 0 Å². The zero-order valence-corrected chi connectivity index (χ0v) is 17.3. The van der Waals surface area contributed by atoms with Gasteiger partial charge in [0.25, 0.3) is 5.91 Å². The Hall–Kier alpha value is -1.96. The van der Waals surface area contributed by atoms with Gasteiger partial charge in [-0.25, -0.2) is 8.42 Å². The van der Waals surface area contributed by atoms with Crippen molar-refractivity contribution in [1.29, 1.82) is 0 Å². The molecule has 3 aromatic rings. The second-order valence-electron chi connectivity index (χ2n) is 5.85. The zero-order valence-electron chi connectivity index (χ0n) is 14.1. The maximum atomic E-state index is 12.7. The van der Waals surface area contributed by atoms with Crippen LogP contribution in [0.1, 0.15) is 20.8 Å². The molecule has 0 unspecified atom stereocenters. The van der Waals surface area contributed by atoms with Crippen LogP contribution in [-0.2, 0) is 9.84 Å². The minimum atomic E-state index is -3.62. The predicted octanol–water partition coefficient (Wildman–Crippen LogP) is 5.21. The molecule has 0 radical (unpaired) electrons. The minimum Gasteiger partial charge on any atom is -0.321 e. The van der Waals surface area contributed by atoms with Crippen molar-refractivity contribution >= 4 is 48.7 Å². The van der Waals surface area contributed by atoms with Crippen molar-refractivity contribution in [2.45, 2.75) is 23.0 Å². The van der Waals surface area contributed by atoms with Gasteiger partial charge in [0.2, 0.25) is 9.84 Å². The van der Waals surface area contributed by atoms with Crippen LogP contribution in [-0.4, -0.2) is 14.3 Å². The average Bonchev–Trinajstić information content (AvgIpc) is 3.10. The molecule has 0 saturated heterocycles. The van der Waals surface area contributed by atoms with Crippen LogP contribution in [0.4, 0.5) is 5.69 Å². The molecule has 1 N–H and O–H groups in total. The van der Waals surface area contributed by atoms with E-state index in [9.17, 15) is 13.2 Å². The molecule has 0 aliphatic heterocycles. The maximum absolute atomic E-state index is 12.7. The fourth-order valence-corrected chi connectivity index (χ4v) is 5.19. The summed E-state index contributed by atoms with van der Waals surface area (Å²) in [6.45, 7) is 3.82. The van der Waals surface area contributed by atoms with Gasteiger partial charge in [-0.1, -0.05) is 33.6 Å². The highest BCUT2D eigenvalue weighted by Gasteiger charge is 2.21. The van der Waals surface area contributed by atoms with Gasteiger partial charge in [-0.15, -0.1) is 11.3 Å². The lowest BCUT2D eigenvalue weighted by Crippen LogP contribution is -2.10. The van der Waals surface area contributed by atoms with Crippen LogP contribution in [0.2, 0.25) is 0 Å². The molecule has 3 rings (SSSR count). The molecule has 2 aromatic carbocycles. The summed E-state index contributed by atoms with van der Waals surface area (Å²) in [5.74, 6) is -0.331. The van der Waals surface area contributed by atoms with Crippen molar-refractivity contribution in [2.24, 2.45) is 0 Å². The topological polar surface area (TPSA) is 63.2 Å². The molecule has 0 atom stereocenters. The largest absolute Gasteiger partial charge is 0.321 e. The highest BCUT2D eigenvalue weighted by molar-refractivity contribution is 9.10. The number of benzene rings is 2. The molecule has 1 aromatic heterocycles. The summed E-state index contributed by atoms with van der Waals surface area (Å²) >= 11 is 4.38. The van der Waals surface area contributed by atoms with E-state index in [1.807, 2.05) is 26.0 Å². The zero-order chi connectivity index (χ0) is 18.9. The summed E-state index contributed by atoms with van der Waals surface area (Å²) in [4.78, 5) is 13.0. The Balaban J connectivity index is 1.83. The Morgan fingerprint density at radius 1 is 1.00 bits per heavy atom. The highest BCUT2D eigenvalue weighted by atomic mass is 79.9. The number of rotatable bonds is 4. The number of hydrogen-bond donors (Lipinski definition) is 1. The van der Waals surface area contributed by atoms with E-state index >= 15 is 0 Å². The fraction of sp³-hybridized carbons (Fsp3) is 0.105.